The second-order valence-corrected chi connectivity index (χ2v) is 12.3. The molecule has 0 saturated carbocycles. The number of alkyl halides is 2. The minimum absolute atomic E-state index is 0.559. The molecule has 0 amide bonds. The molecule has 0 radical (unpaired) electrons. The zero-order chi connectivity index (χ0) is 19.4. The van der Waals surface area contributed by atoms with Gasteiger partial charge in [-0.2, -0.15) is 0 Å². The molecule has 3 heterocycles. The molecule has 2 aromatic heterocycles. The van der Waals surface area contributed by atoms with Crippen LogP contribution >= 0.6 is 19.8 Å². The summed E-state index contributed by atoms with van der Waals surface area (Å²) in [5, 5.41) is 14.5. The molecule has 6 nitrogen and oxygen atoms in total. The number of aromatic nitrogens is 3. The van der Waals surface area contributed by atoms with E-state index in [0.29, 0.717) is 9.87 Å². The number of hydrogen-bond acceptors (Lipinski definition) is 5. The van der Waals surface area contributed by atoms with Crippen LogP contribution in [-0.2, 0) is 0 Å². The van der Waals surface area contributed by atoms with E-state index < -0.39 is 26.0 Å². The summed E-state index contributed by atoms with van der Waals surface area (Å²) >= 11 is -1.59. The van der Waals surface area contributed by atoms with Crippen LogP contribution in [0.3, 0.4) is 0 Å². The topological polar surface area (TPSA) is 77.1 Å². The number of piperidine rings is 1. The normalized spacial score (nSPS) is 20.3. The van der Waals surface area contributed by atoms with E-state index in [2.05, 4.69) is 44.3 Å². The van der Waals surface area contributed by atoms with Crippen molar-refractivity contribution in [3.8, 4) is 0 Å². The van der Waals surface area contributed by atoms with Crippen LogP contribution in [0.1, 0.15) is 19.8 Å². The summed E-state index contributed by atoms with van der Waals surface area (Å²) in [7, 11) is 0. The maximum absolute atomic E-state index is 10.2. The molecule has 1 fully saturated rings. The predicted octanol–water partition coefficient (Wildman–Crippen LogP) is 3.73. The number of nitrogens with zero attached hydrogens (tertiary/aromatic N) is 3. The number of anilines is 1. The minimum atomic E-state index is -1.59. The number of hydrogen-bond donors (Lipinski definition) is 3. The van der Waals surface area contributed by atoms with Gasteiger partial charge in [-0.3, -0.25) is 0 Å². The zero-order valence-electron chi connectivity index (χ0n) is 16.0. The zero-order valence-corrected chi connectivity index (χ0v) is 18.1. The Morgan fingerprint density at radius 1 is 1.48 bits per heavy atom. The van der Waals surface area contributed by atoms with Gasteiger partial charge in [-0.15, -0.1) is 0 Å². The first-order valence-corrected chi connectivity index (χ1v) is 13.6. The van der Waals surface area contributed by atoms with Crippen molar-refractivity contribution >= 4 is 36.8 Å². The van der Waals surface area contributed by atoms with E-state index >= 15 is 0 Å². The van der Waals surface area contributed by atoms with E-state index in [1.807, 2.05) is 19.2 Å². The average molecular weight is 481 g/mol. The van der Waals surface area contributed by atoms with E-state index in [1.54, 1.807) is 12.2 Å². The quantitative estimate of drug-likeness (QED) is 0.185. The van der Waals surface area contributed by atoms with Crippen LogP contribution in [0, 0.1) is 3.70 Å². The van der Waals surface area contributed by atoms with E-state index in [9.17, 15) is 5.11 Å². The van der Waals surface area contributed by atoms with Crippen LogP contribution < -0.4 is 5.32 Å². The second-order valence-electron chi connectivity index (χ2n) is 6.55. The van der Waals surface area contributed by atoms with Crippen molar-refractivity contribution in [1.29, 1.82) is 0 Å². The van der Waals surface area contributed by atoms with Gasteiger partial charge in [0.25, 0.3) is 0 Å². The Kier molecular flexibility index (Phi) is 6.67. The fraction of sp³-hybridized carbons (Fsp3) is 0.400. The third-order valence-corrected chi connectivity index (χ3v) is 11.0. The Morgan fingerprint density at radius 2 is 2.30 bits per heavy atom. The Labute approximate surface area is 167 Å². The van der Waals surface area contributed by atoms with Gasteiger partial charge in [0.2, 0.25) is 0 Å². The number of allylic oxidation sites excluding steroid dienone is 2. The molecular formula is C20H28IN5O. The Bertz CT molecular complexity index is 846. The van der Waals surface area contributed by atoms with Gasteiger partial charge in [0.1, 0.15) is 0 Å². The van der Waals surface area contributed by atoms with Crippen LogP contribution in [0.4, 0.5) is 5.95 Å². The molecule has 3 rings (SSSR count). The molecule has 2 unspecified atom stereocenters. The van der Waals surface area contributed by atoms with Crippen molar-refractivity contribution in [2.45, 2.75) is 29.9 Å². The van der Waals surface area contributed by atoms with Crippen molar-refractivity contribution < 1.29 is 5.11 Å². The van der Waals surface area contributed by atoms with Gasteiger partial charge in [0.15, 0.2) is 0 Å². The number of H-pyrrole nitrogens is 1. The van der Waals surface area contributed by atoms with Gasteiger partial charge in [-0.05, 0) is 0 Å². The molecule has 1 aliphatic heterocycles. The average Bonchev–Trinajstić information content (AvgIpc) is 3.18. The molecule has 3 N–H and O–H groups in total. The maximum atomic E-state index is 10.2. The number of fused-ring (bicyclic) bond motifs is 1. The summed E-state index contributed by atoms with van der Waals surface area (Å²) < 4.78 is 1.76. The number of halogens is 1. The van der Waals surface area contributed by atoms with Gasteiger partial charge in [-0.1, -0.05) is 0 Å². The molecule has 0 aliphatic carbocycles. The number of aliphatic hydroxyl groups is 1. The van der Waals surface area contributed by atoms with Gasteiger partial charge in [0, 0.05) is 0 Å². The third-order valence-electron chi connectivity index (χ3n) is 4.88. The summed E-state index contributed by atoms with van der Waals surface area (Å²) in [6.45, 7) is 11.3. The Morgan fingerprint density at radius 3 is 3.00 bits per heavy atom. The van der Waals surface area contributed by atoms with Crippen LogP contribution in [0.5, 0.6) is 0 Å². The second kappa shape index (κ2) is 8.99. The van der Waals surface area contributed by atoms with E-state index in [-0.39, 0.29) is 0 Å². The van der Waals surface area contributed by atoms with E-state index in [1.165, 1.54) is 10.1 Å². The number of rotatable bonds is 7. The molecule has 0 spiro atoms. The van der Waals surface area contributed by atoms with Gasteiger partial charge in [0.05, 0.1) is 0 Å². The Hall–Kier alpha value is -1.71. The standard InChI is InChI=1S/C20H28IN5O/c1-5-15(6-2)23-20-24-18(16-10-11-22-19(16)25-20)21(4)14-9-8-12-26(13-14)17(27)7-3/h5-7,10-11,14,17,27H,1,3,8-9,12-13H2,2,4H3,(H2,22,23,24,25)/b15-6+. The van der Waals surface area contributed by atoms with Crippen LogP contribution in [0.15, 0.2) is 49.3 Å². The van der Waals surface area contributed by atoms with Gasteiger partial charge >= 0.3 is 168 Å². The van der Waals surface area contributed by atoms with Crippen molar-refractivity contribution in [3.63, 3.8) is 0 Å². The number of likely N-dealkylation sites (tertiary alicyclic amines) is 1. The number of aromatic amines is 1. The Balaban J connectivity index is 1.91. The van der Waals surface area contributed by atoms with Crippen LogP contribution in [0.25, 0.3) is 11.0 Å². The molecule has 2 atom stereocenters. The van der Waals surface area contributed by atoms with Crippen molar-refractivity contribution in [1.82, 2.24) is 19.9 Å². The summed E-state index contributed by atoms with van der Waals surface area (Å²) in [6.07, 6.45) is 8.98. The summed E-state index contributed by atoms with van der Waals surface area (Å²) in [5.74, 6) is 0.607. The first-order valence-electron chi connectivity index (χ1n) is 9.11. The fourth-order valence-electron chi connectivity index (χ4n) is 3.31. The first kappa shape index (κ1) is 20.0. The van der Waals surface area contributed by atoms with E-state index in [0.717, 1.165) is 36.2 Å². The van der Waals surface area contributed by atoms with Crippen LogP contribution in [-0.4, -0.2) is 53.1 Å². The monoisotopic (exact) mass is 481 g/mol. The van der Waals surface area contributed by atoms with Crippen LogP contribution in [0.2, 0.25) is 0 Å². The van der Waals surface area contributed by atoms with Crippen molar-refractivity contribution in [2.24, 2.45) is 0 Å². The molecule has 0 bridgehead atoms. The molecule has 7 heteroatoms. The SMILES string of the molecule is C=C/C(=C\C)Nc1nc(I(C)C2CCCN(C(O)C=C)C2)c2cc[nH]c2n1. The molecule has 146 valence electrons. The first-order chi connectivity index (χ1) is 13.1. The number of nitrogens with one attached hydrogen (secondary N) is 2. The summed E-state index contributed by atoms with van der Waals surface area (Å²) in [5.41, 5.74) is 1.76. The third kappa shape index (κ3) is 4.41. The summed E-state index contributed by atoms with van der Waals surface area (Å²) in [4.78, 5) is 17.3. The molecule has 1 saturated heterocycles. The molecule has 1 aliphatic rings. The molecule has 27 heavy (non-hydrogen) atoms. The molecule has 2 aromatic rings. The fourth-order valence-corrected chi connectivity index (χ4v) is 8.58. The predicted molar refractivity (Wildman–Crippen MR) is 121 cm³/mol. The summed E-state index contributed by atoms with van der Waals surface area (Å²) in [6, 6.07) is 2.08. The molecular weight excluding hydrogens is 453 g/mol. The molecule has 0 aromatic carbocycles. The van der Waals surface area contributed by atoms with Gasteiger partial charge in [-0.25, -0.2) is 0 Å². The van der Waals surface area contributed by atoms with Crippen molar-refractivity contribution in [2.75, 3.05) is 23.3 Å². The van der Waals surface area contributed by atoms with Gasteiger partial charge < -0.3 is 0 Å². The van der Waals surface area contributed by atoms with Crippen molar-refractivity contribution in [3.05, 3.63) is 53.0 Å². The van der Waals surface area contributed by atoms with E-state index in [4.69, 9.17) is 4.98 Å². The number of aliphatic hydroxyl groups excluding tert-OH is 1.